The minimum Gasteiger partial charge on any atom is -0.489 e. The number of guanidine groups is 1. The van der Waals surface area contributed by atoms with E-state index in [1.165, 1.54) is 0 Å². The van der Waals surface area contributed by atoms with Gasteiger partial charge in [0.05, 0.1) is 6.54 Å². The number of hydrogen-bond donors (Lipinski definition) is 3. The smallest absolute Gasteiger partial charge is 0.221 e. The highest BCUT2D eigenvalue weighted by atomic mass is 35.5. The van der Waals surface area contributed by atoms with E-state index in [1.807, 2.05) is 32.9 Å². The van der Waals surface area contributed by atoms with Gasteiger partial charge in [-0.25, -0.2) is 0 Å². The highest BCUT2D eigenvalue weighted by Crippen LogP contribution is 2.16. The summed E-state index contributed by atoms with van der Waals surface area (Å²) in [4.78, 5) is 15.9. The Kier molecular flexibility index (Phi) is 9.77. The fraction of sp³-hybridized carbons (Fsp3) is 0.556. The minimum atomic E-state index is -0.0478. The predicted octanol–water partition coefficient (Wildman–Crippen LogP) is 2.58. The number of benzene rings is 1. The van der Waals surface area contributed by atoms with Crippen molar-refractivity contribution in [3.63, 3.8) is 0 Å². The van der Waals surface area contributed by atoms with Crippen LogP contribution in [0.4, 0.5) is 0 Å². The van der Waals surface area contributed by atoms with Crippen molar-refractivity contribution in [3.05, 3.63) is 29.3 Å². The van der Waals surface area contributed by atoms with Crippen LogP contribution in [0.3, 0.4) is 0 Å². The van der Waals surface area contributed by atoms with Gasteiger partial charge in [-0.05, 0) is 44.5 Å². The predicted molar refractivity (Wildman–Crippen MR) is 103 cm³/mol. The normalized spacial score (nSPS) is 13.7. The van der Waals surface area contributed by atoms with Gasteiger partial charge in [-0.3, -0.25) is 9.79 Å². The molecular weight excluding hydrogens is 340 g/mol. The molecule has 0 bridgehead atoms. The van der Waals surface area contributed by atoms with E-state index in [0.717, 1.165) is 12.2 Å². The number of rotatable bonds is 9. The van der Waals surface area contributed by atoms with Crippen molar-refractivity contribution in [3.8, 4) is 5.75 Å². The standard InChI is InChI=1S/C18H29ClN4O2/c1-5-13(2)23-17(24)10-11-21-18(20-4)22-12-14(3)25-16-8-6-15(19)7-9-16/h6-9,13-14H,5,10-12H2,1-4H3,(H,23,24)(H2,20,21,22). The molecule has 0 aliphatic rings. The van der Waals surface area contributed by atoms with E-state index in [9.17, 15) is 4.79 Å². The van der Waals surface area contributed by atoms with Crippen LogP contribution in [0, 0.1) is 0 Å². The summed E-state index contributed by atoms with van der Waals surface area (Å²) in [5.41, 5.74) is 0. The van der Waals surface area contributed by atoms with Crippen molar-refractivity contribution < 1.29 is 9.53 Å². The molecule has 0 aromatic heterocycles. The van der Waals surface area contributed by atoms with Crippen molar-refractivity contribution >= 4 is 23.5 Å². The number of hydrogen-bond acceptors (Lipinski definition) is 3. The summed E-state index contributed by atoms with van der Waals surface area (Å²) >= 11 is 5.86. The van der Waals surface area contributed by atoms with E-state index in [-0.39, 0.29) is 18.1 Å². The van der Waals surface area contributed by atoms with E-state index in [0.29, 0.717) is 30.5 Å². The summed E-state index contributed by atoms with van der Waals surface area (Å²) < 4.78 is 5.79. The molecule has 0 aliphatic heterocycles. The van der Waals surface area contributed by atoms with E-state index in [2.05, 4.69) is 20.9 Å². The number of halogens is 1. The fourth-order valence-corrected chi connectivity index (χ4v) is 2.12. The molecule has 0 saturated carbocycles. The molecule has 3 N–H and O–H groups in total. The molecule has 0 heterocycles. The van der Waals surface area contributed by atoms with Gasteiger partial charge in [0.1, 0.15) is 11.9 Å². The van der Waals surface area contributed by atoms with Crippen LogP contribution in [-0.2, 0) is 4.79 Å². The lowest BCUT2D eigenvalue weighted by Gasteiger charge is -2.18. The highest BCUT2D eigenvalue weighted by Gasteiger charge is 2.08. The summed E-state index contributed by atoms with van der Waals surface area (Å²) in [6, 6.07) is 7.46. The summed E-state index contributed by atoms with van der Waals surface area (Å²) in [5.74, 6) is 1.45. The Morgan fingerprint density at radius 3 is 2.52 bits per heavy atom. The maximum absolute atomic E-state index is 11.7. The van der Waals surface area contributed by atoms with Crippen LogP contribution in [0.2, 0.25) is 5.02 Å². The van der Waals surface area contributed by atoms with Crippen LogP contribution >= 0.6 is 11.6 Å². The molecule has 0 saturated heterocycles. The van der Waals surface area contributed by atoms with E-state index < -0.39 is 0 Å². The second-order valence-corrected chi connectivity index (χ2v) is 6.33. The molecule has 1 amide bonds. The summed E-state index contributed by atoms with van der Waals surface area (Å²) in [5, 5.41) is 9.92. The quantitative estimate of drug-likeness (QED) is 0.462. The number of aliphatic imine (C=N–C) groups is 1. The lowest BCUT2D eigenvalue weighted by Crippen LogP contribution is -2.43. The summed E-state index contributed by atoms with van der Waals surface area (Å²) in [7, 11) is 1.69. The number of carbonyl (C=O) groups excluding carboxylic acids is 1. The zero-order valence-corrected chi connectivity index (χ0v) is 16.2. The maximum atomic E-state index is 11.7. The van der Waals surface area contributed by atoms with Gasteiger partial charge in [0.2, 0.25) is 5.91 Å². The number of nitrogens with zero attached hydrogens (tertiary/aromatic N) is 1. The lowest BCUT2D eigenvalue weighted by molar-refractivity contribution is -0.121. The van der Waals surface area contributed by atoms with Crippen LogP contribution < -0.4 is 20.7 Å². The molecular formula is C18H29ClN4O2. The molecule has 0 fully saturated rings. The Balaban J connectivity index is 2.27. The van der Waals surface area contributed by atoms with Crippen molar-refractivity contribution in [2.75, 3.05) is 20.1 Å². The molecule has 1 rings (SSSR count). The van der Waals surface area contributed by atoms with E-state index in [4.69, 9.17) is 16.3 Å². The zero-order valence-electron chi connectivity index (χ0n) is 15.4. The van der Waals surface area contributed by atoms with Crippen LogP contribution in [-0.4, -0.2) is 44.1 Å². The minimum absolute atomic E-state index is 0.0387. The first-order valence-corrected chi connectivity index (χ1v) is 8.98. The molecule has 6 nitrogen and oxygen atoms in total. The van der Waals surface area contributed by atoms with Crippen LogP contribution in [0.15, 0.2) is 29.3 Å². The molecule has 7 heteroatoms. The third-order valence-corrected chi connectivity index (χ3v) is 3.85. The number of ether oxygens (including phenoxy) is 1. The van der Waals surface area contributed by atoms with Crippen molar-refractivity contribution in [2.45, 2.75) is 45.8 Å². The Labute approximate surface area is 155 Å². The SMILES string of the molecule is CCC(C)NC(=O)CCNC(=NC)NCC(C)Oc1ccc(Cl)cc1. The lowest BCUT2D eigenvalue weighted by atomic mass is 10.2. The third-order valence-electron chi connectivity index (χ3n) is 3.60. The molecule has 25 heavy (non-hydrogen) atoms. The summed E-state index contributed by atoms with van der Waals surface area (Å²) in [6.07, 6.45) is 1.28. The van der Waals surface area contributed by atoms with Gasteiger partial charge in [-0.15, -0.1) is 0 Å². The van der Waals surface area contributed by atoms with Gasteiger partial charge in [-0.1, -0.05) is 18.5 Å². The molecule has 0 aliphatic carbocycles. The van der Waals surface area contributed by atoms with Gasteiger partial charge >= 0.3 is 0 Å². The van der Waals surface area contributed by atoms with Crippen LogP contribution in [0.1, 0.15) is 33.6 Å². The maximum Gasteiger partial charge on any atom is 0.221 e. The monoisotopic (exact) mass is 368 g/mol. The first-order chi connectivity index (χ1) is 11.9. The third kappa shape index (κ3) is 9.19. The molecule has 0 radical (unpaired) electrons. The van der Waals surface area contributed by atoms with Gasteiger partial charge in [0.25, 0.3) is 0 Å². The Morgan fingerprint density at radius 2 is 1.92 bits per heavy atom. The van der Waals surface area contributed by atoms with Crippen molar-refractivity contribution in [2.24, 2.45) is 4.99 Å². The molecule has 1 aromatic rings. The first kappa shape index (κ1) is 21.1. The Morgan fingerprint density at radius 1 is 1.24 bits per heavy atom. The molecule has 2 unspecified atom stereocenters. The first-order valence-electron chi connectivity index (χ1n) is 8.60. The molecule has 1 aromatic carbocycles. The van der Waals surface area contributed by atoms with Crippen LogP contribution in [0.25, 0.3) is 0 Å². The average Bonchev–Trinajstić information content (AvgIpc) is 2.59. The molecule has 2 atom stereocenters. The number of nitrogens with one attached hydrogen (secondary N) is 3. The number of amides is 1. The van der Waals surface area contributed by atoms with Gasteiger partial charge in [0.15, 0.2) is 5.96 Å². The Hall–Kier alpha value is -1.95. The second-order valence-electron chi connectivity index (χ2n) is 5.89. The number of carbonyl (C=O) groups is 1. The fourth-order valence-electron chi connectivity index (χ4n) is 1.99. The van der Waals surface area contributed by atoms with E-state index in [1.54, 1.807) is 19.2 Å². The zero-order chi connectivity index (χ0) is 18.7. The van der Waals surface area contributed by atoms with Crippen LogP contribution in [0.5, 0.6) is 5.75 Å². The topological polar surface area (TPSA) is 74.8 Å². The highest BCUT2D eigenvalue weighted by molar-refractivity contribution is 6.30. The Bertz CT molecular complexity index is 549. The van der Waals surface area contributed by atoms with Crippen molar-refractivity contribution in [1.29, 1.82) is 0 Å². The molecule has 140 valence electrons. The van der Waals surface area contributed by atoms with Crippen molar-refractivity contribution in [1.82, 2.24) is 16.0 Å². The summed E-state index contributed by atoms with van der Waals surface area (Å²) in [6.45, 7) is 7.11. The van der Waals surface area contributed by atoms with E-state index >= 15 is 0 Å². The molecule has 0 spiro atoms. The largest absolute Gasteiger partial charge is 0.489 e. The second kappa shape index (κ2) is 11.6. The van der Waals surface area contributed by atoms with Gasteiger partial charge in [-0.2, -0.15) is 0 Å². The average molecular weight is 369 g/mol. The van der Waals surface area contributed by atoms with Gasteiger partial charge < -0.3 is 20.7 Å². The van der Waals surface area contributed by atoms with Gasteiger partial charge in [0, 0.05) is 31.1 Å².